The van der Waals surface area contributed by atoms with Gasteiger partial charge in [-0.3, -0.25) is 4.98 Å². The number of esters is 1. The van der Waals surface area contributed by atoms with Crippen LogP contribution in [0.2, 0.25) is 5.02 Å². The fourth-order valence-electron chi connectivity index (χ4n) is 2.46. The molecule has 0 radical (unpaired) electrons. The number of rotatable bonds is 5. The Morgan fingerprint density at radius 3 is 2.81 bits per heavy atom. The molecule has 2 heterocycles. The molecule has 0 N–H and O–H groups in total. The predicted octanol–water partition coefficient (Wildman–Crippen LogP) is 4.72. The molecule has 3 aromatic rings. The highest BCUT2D eigenvalue weighted by Crippen LogP contribution is 2.27. The lowest BCUT2D eigenvalue weighted by molar-refractivity contribution is 0.0474. The molecule has 1 aromatic carbocycles. The van der Waals surface area contributed by atoms with E-state index in [0.29, 0.717) is 16.0 Å². The minimum atomic E-state index is -3.01. The van der Waals surface area contributed by atoms with Gasteiger partial charge in [-0.2, -0.15) is 0 Å². The average molecular weight is 385 g/mol. The molecule has 0 saturated carbocycles. The summed E-state index contributed by atoms with van der Waals surface area (Å²) in [6, 6.07) is 4.31. The first-order chi connectivity index (χ1) is 12.4. The zero-order valence-electron chi connectivity index (χ0n) is 13.4. The lowest BCUT2D eigenvalue weighted by atomic mass is 10.1. The maximum Gasteiger partial charge on any atom is 0.376 e. The van der Waals surface area contributed by atoms with Crippen LogP contribution in [0.1, 0.15) is 41.1 Å². The summed E-state index contributed by atoms with van der Waals surface area (Å²) in [4.78, 5) is 19.3. The Balaban J connectivity index is 1.97. The van der Waals surface area contributed by atoms with Crippen LogP contribution in [0.15, 0.2) is 28.8 Å². The number of aromatic nitrogens is 2. The van der Waals surface area contributed by atoms with Crippen LogP contribution < -0.4 is 0 Å². The van der Waals surface area contributed by atoms with Gasteiger partial charge >= 0.3 is 5.97 Å². The lowest BCUT2D eigenvalue weighted by Crippen LogP contribution is -2.06. The second kappa shape index (κ2) is 7.33. The van der Waals surface area contributed by atoms with Crippen molar-refractivity contribution in [2.75, 3.05) is 6.61 Å². The van der Waals surface area contributed by atoms with Gasteiger partial charge < -0.3 is 9.15 Å². The minimum Gasteiger partial charge on any atom is -0.460 e. The highest BCUT2D eigenvalue weighted by atomic mass is 35.5. The fraction of sp³-hybridized carbons (Fsp3) is 0.235. The Hall–Kier alpha value is -2.61. The first-order valence-corrected chi connectivity index (χ1v) is 7.95. The molecule has 0 amide bonds. The molecule has 0 unspecified atom stereocenters. The van der Waals surface area contributed by atoms with E-state index in [1.807, 2.05) is 0 Å². The van der Waals surface area contributed by atoms with Crippen molar-refractivity contribution in [2.45, 2.75) is 19.8 Å². The van der Waals surface area contributed by atoms with Crippen molar-refractivity contribution in [3.63, 3.8) is 0 Å². The summed E-state index contributed by atoms with van der Waals surface area (Å²) in [5.41, 5.74) is -0.271. The van der Waals surface area contributed by atoms with E-state index in [1.54, 1.807) is 6.07 Å². The van der Waals surface area contributed by atoms with Crippen molar-refractivity contribution in [1.82, 2.24) is 9.97 Å². The van der Waals surface area contributed by atoms with Gasteiger partial charge in [-0.05, 0) is 30.7 Å². The van der Waals surface area contributed by atoms with Crippen molar-refractivity contribution < 1.29 is 27.1 Å². The van der Waals surface area contributed by atoms with E-state index >= 15 is 0 Å². The zero-order valence-corrected chi connectivity index (χ0v) is 14.2. The first-order valence-electron chi connectivity index (χ1n) is 7.57. The molecule has 0 bridgehead atoms. The van der Waals surface area contributed by atoms with E-state index in [2.05, 4.69) is 14.7 Å². The fourth-order valence-corrected chi connectivity index (χ4v) is 2.62. The molecule has 0 aliphatic carbocycles. The Bertz CT molecular complexity index is 975. The van der Waals surface area contributed by atoms with E-state index in [-0.39, 0.29) is 24.4 Å². The predicted molar refractivity (Wildman–Crippen MR) is 86.9 cm³/mol. The number of ether oxygens (including phenoxy) is 1. The number of carbonyl (C=O) groups is 1. The SMILES string of the molecule is CCOC(=O)c1oc(Cc2cc(F)c3ncc(Cl)cc3c2)nc1C(F)F. The zero-order chi connectivity index (χ0) is 18.8. The van der Waals surface area contributed by atoms with Crippen LogP contribution in [-0.2, 0) is 11.2 Å². The maximum absolute atomic E-state index is 14.2. The van der Waals surface area contributed by atoms with Gasteiger partial charge in [0.2, 0.25) is 5.76 Å². The molecule has 0 saturated heterocycles. The van der Waals surface area contributed by atoms with Crippen LogP contribution in [0.5, 0.6) is 0 Å². The lowest BCUT2D eigenvalue weighted by Gasteiger charge is -2.03. The number of hydrogen-bond donors (Lipinski definition) is 0. The summed E-state index contributed by atoms with van der Waals surface area (Å²) in [5, 5.41) is 0.772. The summed E-state index contributed by atoms with van der Waals surface area (Å²) < 4.78 is 50.2. The Kier molecular flexibility index (Phi) is 5.13. The van der Waals surface area contributed by atoms with E-state index in [9.17, 15) is 18.0 Å². The Morgan fingerprint density at radius 1 is 1.35 bits per heavy atom. The van der Waals surface area contributed by atoms with Gasteiger partial charge in [0.25, 0.3) is 6.43 Å². The maximum atomic E-state index is 14.2. The monoisotopic (exact) mass is 384 g/mol. The number of alkyl halides is 2. The van der Waals surface area contributed by atoms with Crippen LogP contribution in [-0.4, -0.2) is 22.5 Å². The summed E-state index contributed by atoms with van der Waals surface area (Å²) in [6.07, 6.45) is -1.79. The molecule has 0 aliphatic rings. The number of oxazole rings is 1. The van der Waals surface area contributed by atoms with Crippen LogP contribution >= 0.6 is 11.6 Å². The third kappa shape index (κ3) is 3.65. The number of fused-ring (bicyclic) bond motifs is 1. The highest BCUT2D eigenvalue weighted by Gasteiger charge is 2.27. The number of nitrogens with zero attached hydrogens (tertiary/aromatic N) is 2. The minimum absolute atomic E-state index is 0.00118. The van der Waals surface area contributed by atoms with Gasteiger partial charge in [0.1, 0.15) is 11.3 Å². The summed E-state index contributed by atoms with van der Waals surface area (Å²) >= 11 is 5.86. The van der Waals surface area contributed by atoms with E-state index in [0.717, 1.165) is 0 Å². The number of halogens is 4. The molecule has 0 atom stereocenters. The molecule has 136 valence electrons. The van der Waals surface area contributed by atoms with Gasteiger partial charge in [0.05, 0.1) is 11.6 Å². The quantitative estimate of drug-likeness (QED) is 0.595. The molecule has 9 heteroatoms. The van der Waals surface area contributed by atoms with Gasteiger partial charge in [-0.15, -0.1) is 0 Å². The van der Waals surface area contributed by atoms with E-state index in [4.69, 9.17) is 16.0 Å². The normalized spacial score (nSPS) is 11.3. The summed E-state index contributed by atoms with van der Waals surface area (Å²) in [7, 11) is 0. The molecule has 3 rings (SSSR count). The van der Waals surface area contributed by atoms with Crippen molar-refractivity contribution in [3.05, 3.63) is 58.1 Å². The number of benzene rings is 1. The number of hydrogen-bond acceptors (Lipinski definition) is 5. The van der Waals surface area contributed by atoms with Crippen molar-refractivity contribution in [1.29, 1.82) is 0 Å². The Labute approximate surface area is 150 Å². The summed E-state index contributed by atoms with van der Waals surface area (Å²) in [5.74, 6) is -2.43. The van der Waals surface area contributed by atoms with Crippen LogP contribution in [0.25, 0.3) is 10.9 Å². The standard InChI is InChI=1S/C17H12ClF3N2O3/c1-2-25-17(24)15-14(16(20)21)23-12(26-15)5-8-3-9-6-10(18)7-22-13(9)11(19)4-8/h3-4,6-7,16H,2,5H2,1H3. The second-order valence-electron chi connectivity index (χ2n) is 5.32. The molecule has 5 nitrogen and oxygen atoms in total. The first kappa shape index (κ1) is 18.2. The number of pyridine rings is 1. The molecule has 0 fully saturated rings. The smallest absolute Gasteiger partial charge is 0.376 e. The second-order valence-corrected chi connectivity index (χ2v) is 5.76. The highest BCUT2D eigenvalue weighted by molar-refractivity contribution is 6.31. The third-order valence-corrected chi connectivity index (χ3v) is 3.69. The topological polar surface area (TPSA) is 65.2 Å². The Morgan fingerprint density at radius 2 is 2.12 bits per heavy atom. The van der Waals surface area contributed by atoms with Gasteiger partial charge in [0, 0.05) is 18.0 Å². The molecular weight excluding hydrogens is 373 g/mol. The van der Waals surface area contributed by atoms with Gasteiger partial charge in [0.15, 0.2) is 11.6 Å². The average Bonchev–Trinajstić information content (AvgIpc) is 2.99. The largest absolute Gasteiger partial charge is 0.460 e. The summed E-state index contributed by atoms with van der Waals surface area (Å²) in [6.45, 7) is 1.54. The number of carbonyl (C=O) groups excluding carboxylic acids is 1. The van der Waals surface area contributed by atoms with E-state index < -0.39 is 29.7 Å². The van der Waals surface area contributed by atoms with Gasteiger partial charge in [-0.25, -0.2) is 22.9 Å². The van der Waals surface area contributed by atoms with Crippen molar-refractivity contribution in [3.8, 4) is 0 Å². The van der Waals surface area contributed by atoms with Gasteiger partial charge in [-0.1, -0.05) is 11.6 Å². The van der Waals surface area contributed by atoms with Crippen molar-refractivity contribution >= 4 is 28.5 Å². The molecule has 0 spiro atoms. The van der Waals surface area contributed by atoms with Crippen LogP contribution in [0, 0.1) is 5.82 Å². The van der Waals surface area contributed by atoms with Crippen LogP contribution in [0.4, 0.5) is 13.2 Å². The molecule has 0 aliphatic heterocycles. The van der Waals surface area contributed by atoms with Crippen LogP contribution in [0.3, 0.4) is 0 Å². The van der Waals surface area contributed by atoms with Crippen molar-refractivity contribution in [2.24, 2.45) is 0 Å². The molecule has 2 aromatic heterocycles. The van der Waals surface area contributed by atoms with E-state index in [1.165, 1.54) is 25.3 Å². The third-order valence-electron chi connectivity index (χ3n) is 3.48. The molecule has 26 heavy (non-hydrogen) atoms. The molecular formula is C17H12ClF3N2O3.